The third kappa shape index (κ3) is 3.49. The highest BCUT2D eigenvalue weighted by molar-refractivity contribution is 5.59. The molecule has 5 heteroatoms. The summed E-state index contributed by atoms with van der Waals surface area (Å²) in [5, 5.41) is 3.20. The van der Waals surface area contributed by atoms with Crippen molar-refractivity contribution in [3.63, 3.8) is 0 Å². The lowest BCUT2D eigenvalue weighted by molar-refractivity contribution is 0.271. The molecule has 0 aliphatic carbocycles. The van der Waals surface area contributed by atoms with Crippen molar-refractivity contribution in [3.05, 3.63) is 42.7 Å². The average molecular weight is 283 g/mol. The summed E-state index contributed by atoms with van der Waals surface area (Å²) in [6.07, 6.45) is 3.47. The number of hydrogen-bond acceptors (Lipinski definition) is 5. The van der Waals surface area contributed by atoms with Crippen molar-refractivity contribution in [1.29, 1.82) is 0 Å². The predicted octanol–water partition coefficient (Wildman–Crippen LogP) is 2.36. The minimum Gasteiger partial charge on any atom is -0.369 e. The van der Waals surface area contributed by atoms with Crippen molar-refractivity contribution in [3.8, 4) is 0 Å². The van der Waals surface area contributed by atoms with E-state index in [1.807, 2.05) is 6.07 Å². The molecule has 1 aliphatic rings. The van der Waals surface area contributed by atoms with Crippen LogP contribution in [0.2, 0.25) is 0 Å². The molecule has 0 unspecified atom stereocenters. The summed E-state index contributed by atoms with van der Waals surface area (Å²) in [7, 11) is 0. The molecule has 5 nitrogen and oxygen atoms in total. The Bertz CT molecular complexity index is 547. The maximum absolute atomic E-state index is 4.17. The molecule has 1 saturated heterocycles. The fourth-order valence-corrected chi connectivity index (χ4v) is 2.57. The van der Waals surface area contributed by atoms with E-state index in [-0.39, 0.29) is 0 Å². The number of rotatable bonds is 4. The van der Waals surface area contributed by atoms with Crippen LogP contribution in [-0.4, -0.2) is 47.6 Å². The maximum atomic E-state index is 4.17. The van der Waals surface area contributed by atoms with Gasteiger partial charge in [0.1, 0.15) is 0 Å². The molecule has 110 valence electrons. The summed E-state index contributed by atoms with van der Waals surface area (Å²) in [6, 6.07) is 10.3. The van der Waals surface area contributed by atoms with Crippen molar-refractivity contribution in [2.75, 3.05) is 42.9 Å². The van der Waals surface area contributed by atoms with Crippen molar-refractivity contribution in [2.45, 2.75) is 6.92 Å². The zero-order valence-corrected chi connectivity index (χ0v) is 12.4. The molecule has 0 bridgehead atoms. The first kappa shape index (κ1) is 13.8. The normalized spacial score (nSPS) is 16.0. The predicted molar refractivity (Wildman–Crippen MR) is 86.1 cm³/mol. The van der Waals surface area contributed by atoms with Gasteiger partial charge in [-0.05, 0) is 36.9 Å². The van der Waals surface area contributed by atoms with Gasteiger partial charge in [-0.15, -0.1) is 0 Å². The number of piperazine rings is 1. The van der Waals surface area contributed by atoms with Crippen LogP contribution in [0.5, 0.6) is 0 Å². The fraction of sp³-hybridized carbons (Fsp3) is 0.375. The molecule has 0 amide bonds. The van der Waals surface area contributed by atoms with Gasteiger partial charge in [-0.3, -0.25) is 0 Å². The average Bonchev–Trinajstić information content (AvgIpc) is 2.57. The van der Waals surface area contributed by atoms with E-state index in [2.05, 4.69) is 56.3 Å². The van der Waals surface area contributed by atoms with Crippen molar-refractivity contribution >= 4 is 17.3 Å². The number of aromatic nitrogens is 2. The third-order valence-electron chi connectivity index (χ3n) is 3.87. The van der Waals surface area contributed by atoms with Crippen LogP contribution in [0, 0.1) is 0 Å². The van der Waals surface area contributed by atoms with Gasteiger partial charge in [0.25, 0.3) is 0 Å². The van der Waals surface area contributed by atoms with Gasteiger partial charge in [0.2, 0.25) is 5.95 Å². The Kier molecular flexibility index (Phi) is 4.31. The number of benzene rings is 1. The Hall–Kier alpha value is -2.14. The highest BCUT2D eigenvalue weighted by Crippen LogP contribution is 2.20. The van der Waals surface area contributed by atoms with Gasteiger partial charge >= 0.3 is 0 Å². The van der Waals surface area contributed by atoms with E-state index in [0.29, 0.717) is 5.95 Å². The topological polar surface area (TPSA) is 44.3 Å². The van der Waals surface area contributed by atoms with E-state index in [1.54, 1.807) is 12.4 Å². The first-order valence-corrected chi connectivity index (χ1v) is 7.46. The molecule has 1 aromatic heterocycles. The van der Waals surface area contributed by atoms with Gasteiger partial charge in [-0.25, -0.2) is 9.97 Å². The zero-order valence-electron chi connectivity index (χ0n) is 12.4. The molecule has 0 atom stereocenters. The SMILES string of the molecule is CCN1CCN(c2ccc(Nc3ncccn3)cc2)CC1. The molecular weight excluding hydrogens is 262 g/mol. The lowest BCUT2D eigenvalue weighted by atomic mass is 10.2. The number of hydrogen-bond donors (Lipinski definition) is 1. The van der Waals surface area contributed by atoms with E-state index in [9.17, 15) is 0 Å². The summed E-state index contributed by atoms with van der Waals surface area (Å²) < 4.78 is 0. The maximum Gasteiger partial charge on any atom is 0.227 e. The first-order valence-electron chi connectivity index (χ1n) is 7.46. The smallest absolute Gasteiger partial charge is 0.227 e. The molecule has 0 spiro atoms. The Morgan fingerprint density at radius 2 is 1.67 bits per heavy atom. The van der Waals surface area contributed by atoms with Gasteiger partial charge in [0.15, 0.2) is 0 Å². The zero-order chi connectivity index (χ0) is 14.5. The fourth-order valence-electron chi connectivity index (χ4n) is 2.57. The standard InChI is InChI=1S/C16H21N5/c1-2-20-10-12-21(13-11-20)15-6-4-14(5-7-15)19-16-17-8-3-9-18-16/h3-9H,2,10-13H2,1H3,(H,17,18,19). The number of nitrogens with zero attached hydrogens (tertiary/aromatic N) is 4. The number of anilines is 3. The lowest BCUT2D eigenvalue weighted by Crippen LogP contribution is -2.46. The van der Waals surface area contributed by atoms with Gasteiger partial charge in [0.05, 0.1) is 0 Å². The molecule has 2 heterocycles. The number of likely N-dealkylation sites (N-methyl/N-ethyl adjacent to an activating group) is 1. The summed E-state index contributed by atoms with van der Waals surface area (Å²) >= 11 is 0. The number of nitrogens with one attached hydrogen (secondary N) is 1. The summed E-state index contributed by atoms with van der Waals surface area (Å²) in [4.78, 5) is 13.3. The van der Waals surface area contributed by atoms with Crippen molar-refractivity contribution in [1.82, 2.24) is 14.9 Å². The van der Waals surface area contributed by atoms with Crippen LogP contribution < -0.4 is 10.2 Å². The van der Waals surface area contributed by atoms with Gasteiger partial charge in [-0.1, -0.05) is 6.92 Å². The van der Waals surface area contributed by atoms with E-state index in [0.717, 1.165) is 38.4 Å². The summed E-state index contributed by atoms with van der Waals surface area (Å²) in [5.74, 6) is 0.627. The van der Waals surface area contributed by atoms with Crippen LogP contribution >= 0.6 is 0 Å². The first-order chi connectivity index (χ1) is 10.3. The Labute approximate surface area is 125 Å². The molecular formula is C16H21N5. The Balaban J connectivity index is 1.62. The summed E-state index contributed by atoms with van der Waals surface area (Å²) in [6.45, 7) is 7.86. The molecule has 0 radical (unpaired) electrons. The van der Waals surface area contributed by atoms with Gasteiger partial charge in [0, 0.05) is 49.9 Å². The second-order valence-corrected chi connectivity index (χ2v) is 5.17. The van der Waals surface area contributed by atoms with E-state index in [4.69, 9.17) is 0 Å². The second kappa shape index (κ2) is 6.54. The minimum absolute atomic E-state index is 0.627. The van der Waals surface area contributed by atoms with Crippen LogP contribution in [0.3, 0.4) is 0 Å². The van der Waals surface area contributed by atoms with Crippen molar-refractivity contribution < 1.29 is 0 Å². The summed E-state index contributed by atoms with van der Waals surface area (Å²) in [5.41, 5.74) is 2.29. The second-order valence-electron chi connectivity index (χ2n) is 5.17. The van der Waals surface area contributed by atoms with E-state index < -0.39 is 0 Å². The van der Waals surface area contributed by atoms with Gasteiger partial charge < -0.3 is 15.1 Å². The molecule has 1 fully saturated rings. The highest BCUT2D eigenvalue weighted by Gasteiger charge is 2.15. The minimum atomic E-state index is 0.627. The van der Waals surface area contributed by atoms with E-state index in [1.165, 1.54) is 5.69 Å². The molecule has 3 rings (SSSR count). The molecule has 0 saturated carbocycles. The van der Waals surface area contributed by atoms with Crippen molar-refractivity contribution in [2.24, 2.45) is 0 Å². The molecule has 21 heavy (non-hydrogen) atoms. The lowest BCUT2D eigenvalue weighted by Gasteiger charge is -2.35. The van der Waals surface area contributed by atoms with E-state index >= 15 is 0 Å². The largest absolute Gasteiger partial charge is 0.369 e. The quantitative estimate of drug-likeness (QED) is 0.933. The Morgan fingerprint density at radius 1 is 1.00 bits per heavy atom. The molecule has 1 aromatic carbocycles. The molecule has 1 aliphatic heterocycles. The third-order valence-corrected chi connectivity index (χ3v) is 3.87. The Morgan fingerprint density at radius 3 is 2.29 bits per heavy atom. The molecule has 1 N–H and O–H groups in total. The van der Waals surface area contributed by atoms with Crippen LogP contribution in [0.1, 0.15) is 6.92 Å². The van der Waals surface area contributed by atoms with Crippen LogP contribution in [0.15, 0.2) is 42.7 Å². The highest BCUT2D eigenvalue weighted by atomic mass is 15.3. The molecule has 2 aromatic rings. The van der Waals surface area contributed by atoms with Crippen LogP contribution in [0.25, 0.3) is 0 Å². The van der Waals surface area contributed by atoms with Crippen LogP contribution in [0.4, 0.5) is 17.3 Å². The van der Waals surface area contributed by atoms with Crippen LogP contribution in [-0.2, 0) is 0 Å². The van der Waals surface area contributed by atoms with Gasteiger partial charge in [-0.2, -0.15) is 0 Å². The monoisotopic (exact) mass is 283 g/mol.